The van der Waals surface area contributed by atoms with Gasteiger partial charge in [0.15, 0.2) is 10.9 Å². The van der Waals surface area contributed by atoms with Crippen molar-refractivity contribution in [3.05, 3.63) is 60.1 Å². The van der Waals surface area contributed by atoms with Crippen LogP contribution in [0.3, 0.4) is 0 Å². The number of halogens is 1. The Hall–Kier alpha value is -3.46. The Bertz CT molecular complexity index is 1120. The molecule has 0 saturated carbocycles. The van der Waals surface area contributed by atoms with Gasteiger partial charge in [-0.2, -0.15) is 0 Å². The van der Waals surface area contributed by atoms with Crippen LogP contribution in [0.2, 0.25) is 0 Å². The molecule has 0 aliphatic carbocycles. The van der Waals surface area contributed by atoms with Gasteiger partial charge in [0, 0.05) is 30.1 Å². The smallest absolute Gasteiger partial charge is 0.293 e. The summed E-state index contributed by atoms with van der Waals surface area (Å²) >= 11 is 5.17. The minimum Gasteiger partial charge on any atom is -0.451 e. The minimum absolute atomic E-state index is 0.0277. The number of hydrogen-bond acceptors (Lipinski definition) is 5. The maximum absolute atomic E-state index is 14.7. The highest BCUT2D eigenvalue weighted by Crippen LogP contribution is 2.27. The lowest BCUT2D eigenvalue weighted by atomic mass is 9.96. The second-order valence-electron chi connectivity index (χ2n) is 7.39. The summed E-state index contributed by atoms with van der Waals surface area (Å²) in [6.07, 6.45) is 1.21. The largest absolute Gasteiger partial charge is 0.451 e. The van der Waals surface area contributed by atoms with E-state index >= 15 is 0 Å². The third kappa shape index (κ3) is 4.66. The molecule has 0 unspecified atom stereocenters. The first-order valence-corrected chi connectivity index (χ1v) is 10.3. The van der Waals surface area contributed by atoms with Gasteiger partial charge in [0.05, 0.1) is 5.69 Å². The SMILES string of the molecule is NC(=O)C1CCN(c2ccc(NC(=S)NC(=O)c3cc4ccccc4o3)cc2F)CC1. The molecule has 1 aromatic heterocycles. The van der Waals surface area contributed by atoms with Crippen LogP contribution in [0, 0.1) is 11.7 Å². The molecule has 3 aromatic rings. The molecule has 9 heteroatoms. The van der Waals surface area contributed by atoms with Crippen LogP contribution in [0.15, 0.2) is 52.9 Å². The number of thiocarbonyl (C=S) groups is 1. The number of anilines is 2. The van der Waals surface area contributed by atoms with Crippen LogP contribution in [-0.4, -0.2) is 30.0 Å². The van der Waals surface area contributed by atoms with Crippen LogP contribution >= 0.6 is 12.2 Å². The monoisotopic (exact) mass is 440 g/mol. The van der Waals surface area contributed by atoms with E-state index < -0.39 is 11.7 Å². The van der Waals surface area contributed by atoms with E-state index in [9.17, 15) is 14.0 Å². The molecule has 4 N–H and O–H groups in total. The number of para-hydroxylation sites is 1. The summed E-state index contributed by atoms with van der Waals surface area (Å²) in [7, 11) is 0. The van der Waals surface area contributed by atoms with Crippen molar-refractivity contribution in [2.45, 2.75) is 12.8 Å². The van der Waals surface area contributed by atoms with Crippen molar-refractivity contribution in [3.8, 4) is 0 Å². The molecule has 1 aliphatic heterocycles. The Morgan fingerprint density at radius 1 is 1.13 bits per heavy atom. The van der Waals surface area contributed by atoms with Crippen molar-refractivity contribution >= 4 is 51.5 Å². The topological polar surface area (TPSA) is 101 Å². The Kier molecular flexibility index (Phi) is 5.85. The number of benzene rings is 2. The molecule has 2 aromatic carbocycles. The third-order valence-electron chi connectivity index (χ3n) is 5.32. The Balaban J connectivity index is 1.37. The first kappa shape index (κ1) is 20.8. The zero-order valence-electron chi connectivity index (χ0n) is 16.6. The van der Waals surface area contributed by atoms with E-state index in [1.807, 2.05) is 23.1 Å². The zero-order chi connectivity index (χ0) is 22.0. The molecule has 4 rings (SSSR count). The number of carbonyl (C=O) groups is 2. The number of furan rings is 1. The van der Waals surface area contributed by atoms with Crippen LogP contribution in [0.5, 0.6) is 0 Å². The first-order chi connectivity index (χ1) is 14.9. The van der Waals surface area contributed by atoms with E-state index in [2.05, 4.69) is 10.6 Å². The summed E-state index contributed by atoms with van der Waals surface area (Å²) < 4.78 is 20.2. The lowest BCUT2D eigenvalue weighted by molar-refractivity contribution is -0.122. The van der Waals surface area contributed by atoms with Crippen molar-refractivity contribution in [3.63, 3.8) is 0 Å². The fraction of sp³-hybridized carbons (Fsp3) is 0.227. The molecule has 0 atom stereocenters. The highest BCUT2D eigenvalue weighted by atomic mass is 32.1. The number of hydrogen-bond donors (Lipinski definition) is 3. The minimum atomic E-state index is -0.497. The number of amides is 2. The molecule has 0 radical (unpaired) electrons. The molecule has 160 valence electrons. The standard InChI is InChI=1S/C22H21FN4O3S/c23-16-12-15(5-6-17(16)27-9-7-13(8-10-27)20(24)28)25-22(31)26-21(29)19-11-14-3-1-2-4-18(14)30-19/h1-6,11-13H,7-10H2,(H2,24,28)(H2,25,26,29,31). The zero-order valence-corrected chi connectivity index (χ0v) is 17.4. The number of piperidine rings is 1. The van der Waals surface area contributed by atoms with Crippen molar-refractivity contribution in [2.24, 2.45) is 11.7 Å². The van der Waals surface area contributed by atoms with Gasteiger partial charge in [0.2, 0.25) is 5.91 Å². The van der Waals surface area contributed by atoms with Crippen LogP contribution in [-0.2, 0) is 4.79 Å². The van der Waals surface area contributed by atoms with Crippen LogP contribution in [0.1, 0.15) is 23.4 Å². The maximum atomic E-state index is 14.7. The summed E-state index contributed by atoms with van der Waals surface area (Å²) in [5.41, 5.74) is 6.81. The predicted octanol–water partition coefficient (Wildman–Crippen LogP) is 3.40. The number of carbonyl (C=O) groups excluding carboxylic acids is 2. The van der Waals surface area contributed by atoms with Gasteiger partial charge in [-0.15, -0.1) is 0 Å². The van der Waals surface area contributed by atoms with Gasteiger partial charge in [-0.25, -0.2) is 4.39 Å². The first-order valence-electron chi connectivity index (χ1n) is 9.85. The number of nitrogens with zero attached hydrogens (tertiary/aromatic N) is 1. The number of fused-ring (bicyclic) bond motifs is 1. The fourth-order valence-electron chi connectivity index (χ4n) is 3.67. The van der Waals surface area contributed by atoms with E-state index in [0.717, 1.165) is 5.39 Å². The van der Waals surface area contributed by atoms with Crippen molar-refractivity contribution in [2.75, 3.05) is 23.3 Å². The number of nitrogens with one attached hydrogen (secondary N) is 2. The van der Waals surface area contributed by atoms with Crippen molar-refractivity contribution < 1.29 is 18.4 Å². The maximum Gasteiger partial charge on any atom is 0.293 e. The predicted molar refractivity (Wildman–Crippen MR) is 120 cm³/mol. The second-order valence-corrected chi connectivity index (χ2v) is 7.79. The van der Waals surface area contributed by atoms with Gasteiger partial charge in [-0.1, -0.05) is 18.2 Å². The van der Waals surface area contributed by atoms with Crippen LogP contribution in [0.4, 0.5) is 15.8 Å². The second kappa shape index (κ2) is 8.73. The van der Waals surface area contributed by atoms with E-state index in [1.165, 1.54) is 6.07 Å². The highest BCUT2D eigenvalue weighted by molar-refractivity contribution is 7.80. The van der Waals surface area contributed by atoms with Gasteiger partial charge < -0.3 is 20.4 Å². The number of rotatable bonds is 4. The molecule has 1 fully saturated rings. The summed E-state index contributed by atoms with van der Waals surface area (Å²) in [6.45, 7) is 1.12. The quantitative estimate of drug-likeness (QED) is 0.538. The molecule has 2 amide bonds. The highest BCUT2D eigenvalue weighted by Gasteiger charge is 2.24. The molecular weight excluding hydrogens is 419 g/mol. The average molecular weight is 441 g/mol. The summed E-state index contributed by atoms with van der Waals surface area (Å²) in [5, 5.41) is 6.17. The molecule has 31 heavy (non-hydrogen) atoms. The molecule has 2 heterocycles. The lowest BCUT2D eigenvalue weighted by Crippen LogP contribution is -2.39. The molecule has 7 nitrogen and oxygen atoms in total. The average Bonchev–Trinajstić information content (AvgIpc) is 3.18. The Morgan fingerprint density at radius 3 is 2.55 bits per heavy atom. The molecule has 0 spiro atoms. The summed E-state index contributed by atoms with van der Waals surface area (Å²) in [5.74, 6) is -1.26. The summed E-state index contributed by atoms with van der Waals surface area (Å²) in [6, 6.07) is 13.5. The Morgan fingerprint density at radius 2 is 1.87 bits per heavy atom. The van der Waals surface area contributed by atoms with Gasteiger partial charge in [0.1, 0.15) is 11.4 Å². The van der Waals surface area contributed by atoms with Gasteiger partial charge >= 0.3 is 0 Å². The van der Waals surface area contributed by atoms with E-state index in [-0.39, 0.29) is 22.7 Å². The van der Waals surface area contributed by atoms with Crippen LogP contribution in [0.25, 0.3) is 11.0 Å². The van der Waals surface area contributed by atoms with E-state index in [1.54, 1.807) is 24.3 Å². The lowest BCUT2D eigenvalue weighted by Gasteiger charge is -2.32. The third-order valence-corrected chi connectivity index (χ3v) is 5.52. The molecular formula is C22H21FN4O3S. The molecule has 1 saturated heterocycles. The van der Waals surface area contributed by atoms with Gasteiger partial charge in [-0.05, 0) is 55.4 Å². The van der Waals surface area contributed by atoms with E-state index in [4.69, 9.17) is 22.4 Å². The number of primary amides is 1. The van der Waals surface area contributed by atoms with Gasteiger partial charge in [0.25, 0.3) is 5.91 Å². The molecule has 1 aliphatic rings. The molecule has 0 bridgehead atoms. The summed E-state index contributed by atoms with van der Waals surface area (Å²) in [4.78, 5) is 25.6. The van der Waals surface area contributed by atoms with Crippen molar-refractivity contribution in [1.82, 2.24) is 5.32 Å². The van der Waals surface area contributed by atoms with E-state index in [0.29, 0.717) is 42.9 Å². The van der Waals surface area contributed by atoms with Gasteiger partial charge in [-0.3, -0.25) is 14.9 Å². The Labute approximate surface area is 183 Å². The van der Waals surface area contributed by atoms with Crippen LogP contribution < -0.4 is 21.3 Å². The number of nitrogens with two attached hydrogens (primary N) is 1. The van der Waals surface area contributed by atoms with Crippen molar-refractivity contribution in [1.29, 1.82) is 0 Å². The fourth-order valence-corrected chi connectivity index (χ4v) is 3.88. The normalized spacial score (nSPS) is 14.4.